The maximum absolute atomic E-state index is 13.1. The highest BCUT2D eigenvalue weighted by molar-refractivity contribution is 6.09. The van der Waals surface area contributed by atoms with Crippen molar-refractivity contribution in [3.05, 3.63) is 59.2 Å². The topological polar surface area (TPSA) is 66.8 Å². The van der Waals surface area contributed by atoms with E-state index in [0.717, 1.165) is 11.1 Å². The summed E-state index contributed by atoms with van der Waals surface area (Å²) in [6.45, 7) is 5.98. The van der Waals surface area contributed by atoms with Crippen molar-refractivity contribution >= 4 is 17.4 Å². The van der Waals surface area contributed by atoms with Crippen LogP contribution < -0.4 is 9.64 Å². The first kappa shape index (κ1) is 18.1. The van der Waals surface area contributed by atoms with Crippen LogP contribution >= 0.6 is 0 Å². The first-order valence-corrected chi connectivity index (χ1v) is 8.73. The van der Waals surface area contributed by atoms with Crippen molar-refractivity contribution in [3.8, 4) is 5.75 Å². The number of hydrogen-bond donors (Lipinski definition) is 1. The molecule has 5 heteroatoms. The van der Waals surface area contributed by atoms with Crippen LogP contribution in [0.25, 0.3) is 0 Å². The van der Waals surface area contributed by atoms with Crippen LogP contribution in [0.4, 0.5) is 5.69 Å². The summed E-state index contributed by atoms with van der Waals surface area (Å²) in [4.78, 5) is 26.4. The number of ether oxygens (including phenoxy) is 1. The van der Waals surface area contributed by atoms with Crippen molar-refractivity contribution in [2.24, 2.45) is 0 Å². The lowest BCUT2D eigenvalue weighted by molar-refractivity contribution is -0.141. The van der Waals surface area contributed by atoms with Crippen LogP contribution in [0, 0.1) is 6.92 Å². The SMILES string of the molecule is CCOc1ccccc1CN1C(=O)C(O)(CC(C)=O)c2cccc(C)c21. The first-order chi connectivity index (χ1) is 12.4. The van der Waals surface area contributed by atoms with Crippen LogP contribution in [-0.4, -0.2) is 23.4 Å². The van der Waals surface area contributed by atoms with Crippen LogP contribution in [0.3, 0.4) is 0 Å². The monoisotopic (exact) mass is 353 g/mol. The van der Waals surface area contributed by atoms with Gasteiger partial charge in [0.2, 0.25) is 0 Å². The molecule has 0 aliphatic carbocycles. The zero-order valence-corrected chi connectivity index (χ0v) is 15.3. The lowest BCUT2D eigenvalue weighted by Gasteiger charge is -2.23. The number of aliphatic hydroxyl groups is 1. The van der Waals surface area contributed by atoms with Crippen molar-refractivity contribution in [1.29, 1.82) is 0 Å². The molecule has 1 atom stereocenters. The van der Waals surface area contributed by atoms with Gasteiger partial charge in [-0.3, -0.25) is 9.59 Å². The Kier molecular flexibility index (Phi) is 4.83. The van der Waals surface area contributed by atoms with Gasteiger partial charge in [-0.1, -0.05) is 36.4 Å². The predicted molar refractivity (Wildman–Crippen MR) is 99.2 cm³/mol. The Morgan fingerprint density at radius 3 is 2.62 bits per heavy atom. The van der Waals surface area contributed by atoms with E-state index >= 15 is 0 Å². The molecule has 2 aromatic carbocycles. The largest absolute Gasteiger partial charge is 0.494 e. The summed E-state index contributed by atoms with van der Waals surface area (Å²) >= 11 is 0. The Morgan fingerprint density at radius 1 is 1.19 bits per heavy atom. The molecule has 0 saturated carbocycles. The number of carbonyl (C=O) groups is 2. The number of para-hydroxylation sites is 2. The fraction of sp³-hybridized carbons (Fsp3) is 0.333. The van der Waals surface area contributed by atoms with Crippen molar-refractivity contribution in [3.63, 3.8) is 0 Å². The summed E-state index contributed by atoms with van der Waals surface area (Å²) in [5.74, 6) is 0.00751. The molecule has 0 radical (unpaired) electrons. The molecular formula is C21H23NO4. The quantitative estimate of drug-likeness (QED) is 0.866. The van der Waals surface area contributed by atoms with E-state index in [-0.39, 0.29) is 18.7 Å². The van der Waals surface area contributed by atoms with Crippen molar-refractivity contribution in [1.82, 2.24) is 0 Å². The van der Waals surface area contributed by atoms with Crippen molar-refractivity contribution < 1.29 is 19.4 Å². The minimum Gasteiger partial charge on any atom is -0.494 e. The number of rotatable bonds is 6. The Labute approximate surface area is 153 Å². The van der Waals surface area contributed by atoms with E-state index in [0.29, 0.717) is 23.6 Å². The van der Waals surface area contributed by atoms with E-state index in [2.05, 4.69) is 0 Å². The number of benzene rings is 2. The van der Waals surface area contributed by atoms with Gasteiger partial charge >= 0.3 is 0 Å². The zero-order valence-electron chi connectivity index (χ0n) is 15.3. The standard InChI is InChI=1S/C21H23NO4/c1-4-26-18-11-6-5-9-16(18)13-22-19-14(2)8-7-10-17(19)21(25,20(22)24)12-15(3)23/h5-11,25H,4,12-13H2,1-3H3. The molecule has 1 heterocycles. The third-order valence-corrected chi connectivity index (χ3v) is 4.66. The smallest absolute Gasteiger partial charge is 0.264 e. The molecule has 1 aliphatic rings. The molecule has 0 aromatic heterocycles. The molecule has 0 fully saturated rings. The second-order valence-electron chi connectivity index (χ2n) is 6.64. The number of Topliss-reactive ketones (excluding diaryl/α,β-unsaturated/α-hetero) is 1. The summed E-state index contributed by atoms with van der Waals surface area (Å²) in [5.41, 5.74) is 1.08. The van der Waals surface area contributed by atoms with Crippen LogP contribution in [0.2, 0.25) is 0 Å². The number of aryl methyl sites for hydroxylation is 1. The molecular weight excluding hydrogens is 330 g/mol. The third kappa shape index (κ3) is 2.99. The summed E-state index contributed by atoms with van der Waals surface area (Å²) in [5, 5.41) is 11.1. The number of carbonyl (C=O) groups excluding carboxylic acids is 2. The molecule has 0 saturated heterocycles. The van der Waals surface area contributed by atoms with Gasteiger partial charge in [0.05, 0.1) is 18.8 Å². The van der Waals surface area contributed by atoms with Crippen LogP contribution in [0.15, 0.2) is 42.5 Å². The highest BCUT2D eigenvalue weighted by Gasteiger charge is 2.50. The van der Waals surface area contributed by atoms with Gasteiger partial charge in [0.1, 0.15) is 11.5 Å². The number of fused-ring (bicyclic) bond motifs is 1. The molecule has 2 aromatic rings. The Balaban J connectivity index is 2.07. The normalized spacial score (nSPS) is 18.8. The molecule has 0 spiro atoms. The van der Waals surface area contributed by atoms with Gasteiger partial charge in [-0.2, -0.15) is 0 Å². The third-order valence-electron chi connectivity index (χ3n) is 4.66. The number of nitrogens with zero attached hydrogens (tertiary/aromatic N) is 1. The highest BCUT2D eigenvalue weighted by Crippen LogP contribution is 2.45. The lowest BCUT2D eigenvalue weighted by Crippen LogP contribution is -2.41. The van der Waals surface area contributed by atoms with E-state index in [1.807, 2.05) is 44.2 Å². The number of hydrogen-bond acceptors (Lipinski definition) is 4. The highest BCUT2D eigenvalue weighted by atomic mass is 16.5. The van der Waals surface area contributed by atoms with Crippen LogP contribution in [0.5, 0.6) is 5.75 Å². The number of ketones is 1. The average molecular weight is 353 g/mol. The first-order valence-electron chi connectivity index (χ1n) is 8.73. The van der Waals surface area contributed by atoms with Crippen molar-refractivity contribution in [2.75, 3.05) is 11.5 Å². The van der Waals surface area contributed by atoms with E-state index in [9.17, 15) is 14.7 Å². The summed E-state index contributed by atoms with van der Waals surface area (Å²) in [6, 6.07) is 12.9. The Hall–Kier alpha value is -2.66. The minimum absolute atomic E-state index is 0.230. The minimum atomic E-state index is -1.81. The molecule has 1 aliphatic heterocycles. The molecule has 5 nitrogen and oxygen atoms in total. The van der Waals surface area contributed by atoms with E-state index in [4.69, 9.17) is 4.74 Å². The van der Waals surface area contributed by atoms with Crippen LogP contribution in [-0.2, 0) is 21.7 Å². The molecule has 136 valence electrons. The number of anilines is 1. The second kappa shape index (κ2) is 6.92. The Bertz CT molecular complexity index is 861. The molecule has 1 amide bonds. The average Bonchev–Trinajstić information content (AvgIpc) is 2.79. The van der Waals surface area contributed by atoms with E-state index in [1.54, 1.807) is 17.0 Å². The van der Waals surface area contributed by atoms with Gasteiger partial charge in [0, 0.05) is 17.5 Å². The maximum Gasteiger partial charge on any atom is 0.264 e. The molecule has 3 rings (SSSR count). The van der Waals surface area contributed by atoms with Gasteiger partial charge in [0.25, 0.3) is 5.91 Å². The molecule has 1 N–H and O–H groups in total. The van der Waals surface area contributed by atoms with Gasteiger partial charge < -0.3 is 14.7 Å². The van der Waals surface area contributed by atoms with Crippen molar-refractivity contribution in [2.45, 2.75) is 39.3 Å². The lowest BCUT2D eigenvalue weighted by atomic mass is 9.89. The fourth-order valence-electron chi connectivity index (χ4n) is 3.57. The van der Waals surface area contributed by atoms with Gasteiger partial charge in [-0.25, -0.2) is 0 Å². The summed E-state index contributed by atoms with van der Waals surface area (Å²) < 4.78 is 5.66. The summed E-state index contributed by atoms with van der Waals surface area (Å²) in [6.07, 6.45) is -0.230. The molecule has 26 heavy (non-hydrogen) atoms. The van der Waals surface area contributed by atoms with Gasteiger partial charge in [0.15, 0.2) is 5.60 Å². The van der Waals surface area contributed by atoms with Gasteiger partial charge in [-0.05, 0) is 32.4 Å². The predicted octanol–water partition coefficient (Wildman–Crippen LogP) is 3.11. The van der Waals surface area contributed by atoms with Gasteiger partial charge in [-0.15, -0.1) is 0 Å². The maximum atomic E-state index is 13.1. The zero-order chi connectivity index (χ0) is 18.9. The number of amides is 1. The van der Waals surface area contributed by atoms with E-state index in [1.165, 1.54) is 6.92 Å². The summed E-state index contributed by atoms with van der Waals surface area (Å²) in [7, 11) is 0. The fourth-order valence-corrected chi connectivity index (χ4v) is 3.57. The van der Waals surface area contributed by atoms with E-state index < -0.39 is 11.5 Å². The van der Waals surface area contributed by atoms with Crippen LogP contribution in [0.1, 0.15) is 37.0 Å². The molecule has 1 unspecified atom stereocenters. The molecule has 0 bridgehead atoms. The Morgan fingerprint density at radius 2 is 1.92 bits per heavy atom. The second-order valence-corrected chi connectivity index (χ2v) is 6.64.